The van der Waals surface area contributed by atoms with Gasteiger partial charge in [-0.15, -0.1) is 11.3 Å². The second kappa shape index (κ2) is 5.28. The maximum atomic E-state index is 12.1. The predicted octanol–water partition coefficient (Wildman–Crippen LogP) is 2.27. The quantitative estimate of drug-likeness (QED) is 0.854. The van der Waals surface area contributed by atoms with E-state index in [1.165, 1.54) is 16.2 Å². The van der Waals surface area contributed by atoms with Gasteiger partial charge >= 0.3 is 5.97 Å². The van der Waals surface area contributed by atoms with Crippen LogP contribution in [0.5, 0.6) is 0 Å². The van der Waals surface area contributed by atoms with E-state index in [1.54, 1.807) is 0 Å². The van der Waals surface area contributed by atoms with E-state index in [1.807, 2.05) is 13.8 Å². The van der Waals surface area contributed by atoms with Crippen molar-refractivity contribution in [2.45, 2.75) is 39.8 Å². The number of fused-ring (bicyclic) bond motifs is 1. The average molecular weight is 268 g/mol. The van der Waals surface area contributed by atoms with E-state index in [0.29, 0.717) is 10.6 Å². The second-order valence-corrected chi connectivity index (χ2v) is 5.95. The van der Waals surface area contributed by atoms with Crippen LogP contribution in [-0.4, -0.2) is 30.1 Å². The Bertz CT molecular complexity index is 454. The minimum absolute atomic E-state index is 0.108. The van der Waals surface area contributed by atoms with Crippen LogP contribution < -0.4 is 5.73 Å². The van der Waals surface area contributed by atoms with Gasteiger partial charge in [0.1, 0.15) is 5.00 Å². The molecular weight excluding hydrogens is 248 g/mol. The molecule has 2 rings (SSSR count). The van der Waals surface area contributed by atoms with E-state index in [2.05, 4.69) is 11.8 Å². The number of likely N-dealkylation sites (N-methyl/N-ethyl adjacent to an activating group) is 1. The maximum absolute atomic E-state index is 12.1. The van der Waals surface area contributed by atoms with Gasteiger partial charge in [-0.2, -0.15) is 0 Å². The van der Waals surface area contributed by atoms with Gasteiger partial charge in [-0.25, -0.2) is 4.79 Å². The fourth-order valence-corrected chi connectivity index (χ4v) is 3.39. The van der Waals surface area contributed by atoms with Crippen molar-refractivity contribution in [2.24, 2.45) is 0 Å². The molecule has 1 aliphatic heterocycles. The number of hydrogen-bond acceptors (Lipinski definition) is 5. The number of esters is 1. The molecule has 5 heteroatoms. The highest BCUT2D eigenvalue weighted by molar-refractivity contribution is 7.16. The number of nitrogens with two attached hydrogens (primary N) is 1. The Balaban J connectivity index is 2.28. The predicted molar refractivity (Wildman–Crippen MR) is 73.9 cm³/mol. The van der Waals surface area contributed by atoms with Gasteiger partial charge in [-0.3, -0.25) is 4.90 Å². The molecule has 0 bridgehead atoms. The molecule has 0 saturated heterocycles. The van der Waals surface area contributed by atoms with Crippen LogP contribution in [0.1, 0.15) is 41.6 Å². The van der Waals surface area contributed by atoms with Gasteiger partial charge in [0.25, 0.3) is 0 Å². The van der Waals surface area contributed by atoms with Gasteiger partial charge in [0.15, 0.2) is 0 Å². The largest absolute Gasteiger partial charge is 0.459 e. The van der Waals surface area contributed by atoms with Crippen LogP contribution in [0.4, 0.5) is 5.00 Å². The number of rotatable bonds is 3. The van der Waals surface area contributed by atoms with Crippen molar-refractivity contribution >= 4 is 22.3 Å². The highest BCUT2D eigenvalue weighted by Gasteiger charge is 2.27. The Morgan fingerprint density at radius 3 is 2.89 bits per heavy atom. The zero-order valence-electron chi connectivity index (χ0n) is 11.2. The topological polar surface area (TPSA) is 55.6 Å². The van der Waals surface area contributed by atoms with E-state index >= 15 is 0 Å². The molecule has 0 fully saturated rings. The number of nitrogen functional groups attached to an aromatic ring is 1. The van der Waals surface area contributed by atoms with Crippen LogP contribution in [-0.2, 0) is 17.7 Å². The van der Waals surface area contributed by atoms with Crippen LogP contribution in [0.25, 0.3) is 0 Å². The van der Waals surface area contributed by atoms with Gasteiger partial charge in [0.05, 0.1) is 11.7 Å². The molecule has 0 unspecified atom stereocenters. The molecule has 0 aliphatic carbocycles. The van der Waals surface area contributed by atoms with Gasteiger partial charge in [-0.05, 0) is 32.4 Å². The number of hydrogen-bond donors (Lipinski definition) is 1. The van der Waals surface area contributed by atoms with Crippen molar-refractivity contribution in [3.63, 3.8) is 0 Å². The van der Waals surface area contributed by atoms with Crippen molar-refractivity contribution in [3.8, 4) is 0 Å². The summed E-state index contributed by atoms with van der Waals surface area (Å²) in [6, 6.07) is 0. The summed E-state index contributed by atoms with van der Waals surface area (Å²) in [5.41, 5.74) is 7.70. The van der Waals surface area contributed by atoms with Gasteiger partial charge in [0.2, 0.25) is 0 Å². The lowest BCUT2D eigenvalue weighted by Crippen LogP contribution is -2.30. The van der Waals surface area contributed by atoms with Crippen LogP contribution >= 0.6 is 11.3 Å². The van der Waals surface area contributed by atoms with E-state index < -0.39 is 0 Å². The Labute approximate surface area is 112 Å². The molecular formula is C13H20N2O2S. The zero-order chi connectivity index (χ0) is 13.3. The highest BCUT2D eigenvalue weighted by atomic mass is 32.1. The summed E-state index contributed by atoms with van der Waals surface area (Å²) in [4.78, 5) is 15.6. The molecule has 1 aliphatic rings. The number of nitrogens with zero attached hydrogens (tertiary/aromatic N) is 1. The third-order valence-electron chi connectivity index (χ3n) is 3.16. The molecule has 2 N–H and O–H groups in total. The van der Waals surface area contributed by atoms with Crippen molar-refractivity contribution in [1.29, 1.82) is 0 Å². The standard InChI is InChI=1S/C13H20N2O2S/c1-4-15-6-5-9-10(7-15)18-12(14)11(9)13(16)17-8(2)3/h8H,4-7,14H2,1-3H3. The lowest BCUT2D eigenvalue weighted by atomic mass is 10.0. The molecule has 0 spiro atoms. The third-order valence-corrected chi connectivity index (χ3v) is 4.20. The fraction of sp³-hybridized carbons (Fsp3) is 0.615. The minimum Gasteiger partial charge on any atom is -0.459 e. The summed E-state index contributed by atoms with van der Waals surface area (Å²) in [5, 5.41) is 0.601. The lowest BCUT2D eigenvalue weighted by molar-refractivity contribution is 0.0378. The zero-order valence-corrected chi connectivity index (χ0v) is 12.0. The average Bonchev–Trinajstić information content (AvgIpc) is 2.62. The second-order valence-electron chi connectivity index (χ2n) is 4.82. The minimum atomic E-state index is -0.273. The van der Waals surface area contributed by atoms with Crippen LogP contribution in [0, 0.1) is 0 Å². The lowest BCUT2D eigenvalue weighted by Gasteiger charge is -2.25. The summed E-state index contributed by atoms with van der Waals surface area (Å²) >= 11 is 1.53. The van der Waals surface area contributed by atoms with Crippen molar-refractivity contribution in [2.75, 3.05) is 18.8 Å². The summed E-state index contributed by atoms with van der Waals surface area (Å²) in [5.74, 6) is -0.273. The molecule has 0 radical (unpaired) electrons. The smallest absolute Gasteiger partial charge is 0.341 e. The Morgan fingerprint density at radius 2 is 2.28 bits per heavy atom. The Hall–Kier alpha value is -1.07. The molecule has 2 heterocycles. The molecule has 0 aromatic carbocycles. The first-order chi connectivity index (χ1) is 8.52. The molecule has 0 atom stereocenters. The first kappa shape index (κ1) is 13.4. The third kappa shape index (κ3) is 2.52. The molecule has 18 heavy (non-hydrogen) atoms. The highest BCUT2D eigenvalue weighted by Crippen LogP contribution is 2.35. The van der Waals surface area contributed by atoms with E-state index in [4.69, 9.17) is 10.5 Å². The van der Waals surface area contributed by atoms with Gasteiger partial charge < -0.3 is 10.5 Å². The van der Waals surface area contributed by atoms with Crippen molar-refractivity contribution < 1.29 is 9.53 Å². The molecule has 4 nitrogen and oxygen atoms in total. The molecule has 100 valence electrons. The number of ether oxygens (including phenoxy) is 1. The first-order valence-corrected chi connectivity index (χ1v) is 7.17. The molecule has 0 saturated carbocycles. The monoisotopic (exact) mass is 268 g/mol. The summed E-state index contributed by atoms with van der Waals surface area (Å²) in [6.45, 7) is 8.77. The van der Waals surface area contributed by atoms with Gasteiger partial charge in [-0.1, -0.05) is 6.92 Å². The van der Waals surface area contributed by atoms with Crippen molar-refractivity contribution in [3.05, 3.63) is 16.0 Å². The van der Waals surface area contributed by atoms with Crippen LogP contribution in [0.3, 0.4) is 0 Å². The number of thiophene rings is 1. The van der Waals surface area contributed by atoms with Crippen molar-refractivity contribution in [1.82, 2.24) is 4.90 Å². The van der Waals surface area contributed by atoms with Crippen LogP contribution in [0.15, 0.2) is 0 Å². The van der Waals surface area contributed by atoms with E-state index in [0.717, 1.165) is 31.6 Å². The normalized spacial score (nSPS) is 15.8. The summed E-state index contributed by atoms with van der Waals surface area (Å²) in [7, 11) is 0. The number of carbonyl (C=O) groups excluding carboxylic acids is 1. The summed E-state index contributed by atoms with van der Waals surface area (Å²) < 4.78 is 5.27. The Kier molecular flexibility index (Phi) is 3.92. The molecule has 1 aromatic rings. The number of carbonyl (C=O) groups is 1. The maximum Gasteiger partial charge on any atom is 0.341 e. The number of anilines is 1. The molecule has 0 amide bonds. The van der Waals surface area contributed by atoms with Gasteiger partial charge in [0, 0.05) is 18.0 Å². The fourth-order valence-electron chi connectivity index (χ4n) is 2.24. The van der Waals surface area contributed by atoms with E-state index in [-0.39, 0.29) is 12.1 Å². The molecule has 1 aromatic heterocycles. The summed E-state index contributed by atoms with van der Waals surface area (Å²) in [6.07, 6.45) is 0.780. The SMILES string of the molecule is CCN1CCc2c(sc(N)c2C(=O)OC(C)C)C1. The van der Waals surface area contributed by atoms with E-state index in [9.17, 15) is 4.79 Å². The Morgan fingerprint density at radius 1 is 1.56 bits per heavy atom. The van der Waals surface area contributed by atoms with Crippen LogP contribution in [0.2, 0.25) is 0 Å². The first-order valence-electron chi connectivity index (χ1n) is 6.36.